The van der Waals surface area contributed by atoms with Crippen molar-refractivity contribution in [3.8, 4) is 6.07 Å². The van der Waals surface area contributed by atoms with Crippen LogP contribution in [0.1, 0.15) is 32.3 Å². The summed E-state index contributed by atoms with van der Waals surface area (Å²) in [4.78, 5) is 2.25. The highest BCUT2D eigenvalue weighted by Gasteiger charge is 2.30. The van der Waals surface area contributed by atoms with Crippen molar-refractivity contribution in [3.05, 3.63) is 29.8 Å². The fourth-order valence-electron chi connectivity index (χ4n) is 2.67. The first-order chi connectivity index (χ1) is 8.52. The highest BCUT2D eigenvalue weighted by atomic mass is 16.3. The molecule has 0 spiro atoms. The van der Waals surface area contributed by atoms with Gasteiger partial charge in [0.2, 0.25) is 0 Å². The van der Waals surface area contributed by atoms with E-state index in [0.29, 0.717) is 5.92 Å². The number of rotatable bonds is 2. The molecule has 1 aromatic carbocycles. The van der Waals surface area contributed by atoms with Crippen LogP contribution in [-0.2, 0) is 0 Å². The van der Waals surface area contributed by atoms with Gasteiger partial charge in [-0.05, 0) is 44.7 Å². The van der Waals surface area contributed by atoms with E-state index >= 15 is 0 Å². The van der Waals surface area contributed by atoms with E-state index < -0.39 is 5.60 Å². The second-order valence-corrected chi connectivity index (χ2v) is 5.54. The summed E-state index contributed by atoms with van der Waals surface area (Å²) in [5.74, 6) is 0.350. The third kappa shape index (κ3) is 2.65. The highest BCUT2D eigenvalue weighted by molar-refractivity contribution is 5.59. The van der Waals surface area contributed by atoms with Crippen LogP contribution in [0.25, 0.3) is 0 Å². The summed E-state index contributed by atoms with van der Waals surface area (Å²) >= 11 is 0. The summed E-state index contributed by atoms with van der Waals surface area (Å²) in [5, 5.41) is 19.1. The molecule has 1 aliphatic rings. The lowest BCUT2D eigenvalue weighted by atomic mass is 9.83. The van der Waals surface area contributed by atoms with E-state index in [1.54, 1.807) is 0 Å². The Bertz CT molecular complexity index is 448. The molecule has 1 aliphatic heterocycles. The van der Waals surface area contributed by atoms with Gasteiger partial charge in [-0.15, -0.1) is 0 Å². The minimum atomic E-state index is -0.596. The van der Waals surface area contributed by atoms with Crippen LogP contribution in [0.15, 0.2) is 24.3 Å². The number of anilines is 1. The number of aliphatic hydroxyl groups is 1. The van der Waals surface area contributed by atoms with Crippen molar-refractivity contribution >= 4 is 5.69 Å². The first-order valence-electron chi connectivity index (χ1n) is 6.49. The molecule has 0 radical (unpaired) electrons. The SMILES string of the molecule is CC(C)(O)C1CCN(c2ccccc2C#N)CC1. The number of nitriles is 1. The van der Waals surface area contributed by atoms with E-state index in [0.717, 1.165) is 37.2 Å². The van der Waals surface area contributed by atoms with Gasteiger partial charge in [-0.3, -0.25) is 0 Å². The van der Waals surface area contributed by atoms with Gasteiger partial charge in [-0.2, -0.15) is 5.26 Å². The largest absolute Gasteiger partial charge is 0.390 e. The zero-order valence-corrected chi connectivity index (χ0v) is 11.1. The average molecular weight is 244 g/mol. The quantitative estimate of drug-likeness (QED) is 0.869. The Morgan fingerprint density at radius 2 is 1.89 bits per heavy atom. The van der Waals surface area contributed by atoms with Crippen molar-refractivity contribution in [2.24, 2.45) is 5.92 Å². The maximum Gasteiger partial charge on any atom is 0.101 e. The molecular weight excluding hydrogens is 224 g/mol. The topological polar surface area (TPSA) is 47.3 Å². The monoisotopic (exact) mass is 244 g/mol. The lowest BCUT2D eigenvalue weighted by Gasteiger charge is -2.39. The van der Waals surface area contributed by atoms with Crippen LogP contribution in [0.5, 0.6) is 0 Å². The molecule has 0 amide bonds. The third-order valence-electron chi connectivity index (χ3n) is 3.86. The fourth-order valence-corrected chi connectivity index (χ4v) is 2.67. The summed E-state index contributed by atoms with van der Waals surface area (Å²) in [6.45, 7) is 5.59. The van der Waals surface area contributed by atoms with Crippen LogP contribution in [0.2, 0.25) is 0 Å². The zero-order valence-electron chi connectivity index (χ0n) is 11.1. The van der Waals surface area contributed by atoms with Crippen molar-refractivity contribution in [2.45, 2.75) is 32.3 Å². The van der Waals surface area contributed by atoms with Gasteiger partial charge in [0.1, 0.15) is 6.07 Å². The van der Waals surface area contributed by atoms with Crippen LogP contribution in [0, 0.1) is 17.2 Å². The molecule has 0 unspecified atom stereocenters. The molecule has 96 valence electrons. The van der Waals surface area contributed by atoms with E-state index in [2.05, 4.69) is 11.0 Å². The highest BCUT2D eigenvalue weighted by Crippen LogP contribution is 2.31. The van der Waals surface area contributed by atoms with E-state index in [-0.39, 0.29) is 0 Å². The van der Waals surface area contributed by atoms with E-state index in [1.165, 1.54) is 0 Å². The van der Waals surface area contributed by atoms with Gasteiger partial charge < -0.3 is 10.0 Å². The summed E-state index contributed by atoms with van der Waals surface area (Å²) in [7, 11) is 0. The van der Waals surface area contributed by atoms with Crippen molar-refractivity contribution < 1.29 is 5.11 Å². The normalized spacial score (nSPS) is 17.6. The van der Waals surface area contributed by atoms with Gasteiger partial charge in [0.05, 0.1) is 16.9 Å². The Balaban J connectivity index is 2.09. The molecule has 0 bridgehead atoms. The van der Waals surface area contributed by atoms with Gasteiger partial charge in [-0.1, -0.05) is 12.1 Å². The number of benzene rings is 1. The van der Waals surface area contributed by atoms with Gasteiger partial charge >= 0.3 is 0 Å². The molecular formula is C15H20N2O. The number of piperidine rings is 1. The van der Waals surface area contributed by atoms with Crippen molar-refractivity contribution in [3.63, 3.8) is 0 Å². The van der Waals surface area contributed by atoms with Crippen LogP contribution < -0.4 is 4.90 Å². The van der Waals surface area contributed by atoms with E-state index in [4.69, 9.17) is 5.26 Å². The molecule has 18 heavy (non-hydrogen) atoms. The summed E-state index contributed by atoms with van der Waals surface area (Å²) in [6.07, 6.45) is 1.95. The third-order valence-corrected chi connectivity index (χ3v) is 3.86. The average Bonchev–Trinajstić information content (AvgIpc) is 2.38. The molecule has 3 heteroatoms. The van der Waals surface area contributed by atoms with E-state index in [9.17, 15) is 5.11 Å². The van der Waals surface area contributed by atoms with Gasteiger partial charge in [-0.25, -0.2) is 0 Å². The molecule has 3 nitrogen and oxygen atoms in total. The molecule has 1 heterocycles. The summed E-state index contributed by atoms with van der Waals surface area (Å²) < 4.78 is 0. The van der Waals surface area contributed by atoms with Gasteiger partial charge in [0, 0.05) is 13.1 Å². The summed E-state index contributed by atoms with van der Waals surface area (Å²) in [5.41, 5.74) is 1.16. The number of para-hydroxylation sites is 1. The van der Waals surface area contributed by atoms with Gasteiger partial charge in [0.15, 0.2) is 0 Å². The molecule has 1 saturated heterocycles. The van der Waals surface area contributed by atoms with Gasteiger partial charge in [0.25, 0.3) is 0 Å². The zero-order chi connectivity index (χ0) is 13.2. The first-order valence-corrected chi connectivity index (χ1v) is 6.49. The second-order valence-electron chi connectivity index (χ2n) is 5.54. The van der Waals surface area contributed by atoms with Crippen molar-refractivity contribution in [2.75, 3.05) is 18.0 Å². The minimum absolute atomic E-state index is 0.350. The van der Waals surface area contributed by atoms with Crippen LogP contribution >= 0.6 is 0 Å². The van der Waals surface area contributed by atoms with Crippen LogP contribution in [-0.4, -0.2) is 23.8 Å². The predicted octanol–water partition coefficient (Wildman–Crippen LogP) is 2.55. The molecule has 1 aromatic rings. The number of hydrogen-bond donors (Lipinski definition) is 1. The lowest BCUT2D eigenvalue weighted by molar-refractivity contribution is 0.00651. The summed E-state index contributed by atoms with van der Waals surface area (Å²) in [6, 6.07) is 9.97. The van der Waals surface area contributed by atoms with Crippen molar-refractivity contribution in [1.29, 1.82) is 5.26 Å². The maximum atomic E-state index is 10.0. The van der Waals surface area contributed by atoms with Crippen LogP contribution in [0.4, 0.5) is 5.69 Å². The lowest BCUT2D eigenvalue weighted by Crippen LogP contribution is -2.42. The fraction of sp³-hybridized carbons (Fsp3) is 0.533. The predicted molar refractivity (Wildman–Crippen MR) is 72.4 cm³/mol. The Kier molecular flexibility index (Phi) is 3.58. The molecule has 2 rings (SSSR count). The smallest absolute Gasteiger partial charge is 0.101 e. The first kappa shape index (κ1) is 12.9. The molecule has 1 fully saturated rings. The number of hydrogen-bond acceptors (Lipinski definition) is 3. The van der Waals surface area contributed by atoms with E-state index in [1.807, 2.05) is 38.1 Å². The Labute approximate surface area is 109 Å². The van der Waals surface area contributed by atoms with Crippen molar-refractivity contribution in [1.82, 2.24) is 0 Å². The molecule has 0 aliphatic carbocycles. The Morgan fingerprint density at radius 1 is 1.28 bits per heavy atom. The second kappa shape index (κ2) is 4.99. The Morgan fingerprint density at radius 3 is 2.44 bits per heavy atom. The minimum Gasteiger partial charge on any atom is -0.390 e. The molecule has 0 atom stereocenters. The maximum absolute atomic E-state index is 10.0. The number of nitrogens with zero attached hydrogens (tertiary/aromatic N) is 2. The molecule has 0 aromatic heterocycles. The van der Waals surface area contributed by atoms with Crippen LogP contribution in [0.3, 0.4) is 0 Å². The Hall–Kier alpha value is -1.53. The standard InChI is InChI=1S/C15H20N2O/c1-15(2,18)13-7-9-17(10-8-13)14-6-4-3-5-12(14)11-16/h3-6,13,18H,7-10H2,1-2H3. The molecule has 0 saturated carbocycles. The molecule has 1 N–H and O–H groups in total.